The van der Waals surface area contributed by atoms with Gasteiger partial charge in [0.2, 0.25) is 0 Å². The summed E-state index contributed by atoms with van der Waals surface area (Å²) in [6.45, 7) is 15.7. The fourth-order valence-corrected chi connectivity index (χ4v) is 2.35. The number of benzene rings is 1. The van der Waals surface area contributed by atoms with Crippen LogP contribution in [0.4, 0.5) is 0 Å². The lowest BCUT2D eigenvalue weighted by atomic mass is 9.69. The molecule has 0 bridgehead atoms. The van der Waals surface area contributed by atoms with Gasteiger partial charge in [0.15, 0.2) is 0 Å². The van der Waals surface area contributed by atoms with Gasteiger partial charge < -0.3 is 0 Å². The molecular formula is C17H30. The molecule has 1 aromatic carbocycles. The normalized spacial score (nSPS) is 14.2. The van der Waals surface area contributed by atoms with Crippen LogP contribution in [0.3, 0.4) is 0 Å². The number of hydrogen-bond donors (Lipinski definition) is 0. The van der Waals surface area contributed by atoms with Gasteiger partial charge in [-0.2, -0.15) is 0 Å². The van der Waals surface area contributed by atoms with Gasteiger partial charge in [-0.25, -0.2) is 0 Å². The first-order valence-electron chi connectivity index (χ1n) is 7.02. The lowest BCUT2D eigenvalue weighted by Gasteiger charge is -2.36. The molecule has 0 aliphatic heterocycles. The minimum atomic E-state index is 0.315. The van der Waals surface area contributed by atoms with Gasteiger partial charge in [0, 0.05) is 0 Å². The second-order valence-corrected chi connectivity index (χ2v) is 5.54. The highest BCUT2D eigenvalue weighted by atomic mass is 14.3. The Hall–Kier alpha value is -0.780. The predicted octanol–water partition coefficient (Wildman–Crippen LogP) is 5.67. The van der Waals surface area contributed by atoms with E-state index in [1.807, 2.05) is 13.8 Å². The van der Waals surface area contributed by atoms with Crippen molar-refractivity contribution in [2.45, 2.75) is 60.3 Å². The zero-order chi connectivity index (χ0) is 13.5. The average Bonchev–Trinajstić information content (AvgIpc) is 2.31. The van der Waals surface area contributed by atoms with Crippen molar-refractivity contribution in [3.63, 3.8) is 0 Å². The molecule has 1 atom stereocenters. The summed E-state index contributed by atoms with van der Waals surface area (Å²) in [6, 6.07) is 10.9. The fourth-order valence-electron chi connectivity index (χ4n) is 2.35. The molecule has 0 aliphatic carbocycles. The summed E-state index contributed by atoms with van der Waals surface area (Å²) in [7, 11) is 0. The smallest absolute Gasteiger partial charge is 0.00499 e. The van der Waals surface area contributed by atoms with E-state index in [4.69, 9.17) is 0 Å². The standard InChI is InChI=1S/C15H24.C2H6/c1-12(2)11-15(5,13(3)4)14-9-7-6-8-10-14;1-2/h6-10,12-13H,11H2,1-5H3;1-2H3. The van der Waals surface area contributed by atoms with Crippen molar-refractivity contribution in [1.82, 2.24) is 0 Å². The maximum Gasteiger partial charge on any atom is -0.00499 e. The molecule has 0 nitrogen and oxygen atoms in total. The maximum absolute atomic E-state index is 2.40. The Bertz CT molecular complexity index is 284. The van der Waals surface area contributed by atoms with Crippen molar-refractivity contribution in [3.05, 3.63) is 35.9 Å². The molecular weight excluding hydrogens is 204 g/mol. The zero-order valence-electron chi connectivity index (χ0n) is 12.7. The van der Waals surface area contributed by atoms with Gasteiger partial charge in [0.1, 0.15) is 0 Å². The van der Waals surface area contributed by atoms with Crippen LogP contribution >= 0.6 is 0 Å². The van der Waals surface area contributed by atoms with E-state index in [9.17, 15) is 0 Å². The molecule has 0 radical (unpaired) electrons. The van der Waals surface area contributed by atoms with Crippen LogP contribution in [-0.4, -0.2) is 0 Å². The van der Waals surface area contributed by atoms with E-state index in [-0.39, 0.29) is 0 Å². The molecule has 98 valence electrons. The first-order valence-corrected chi connectivity index (χ1v) is 7.02. The van der Waals surface area contributed by atoms with Crippen molar-refractivity contribution in [2.24, 2.45) is 11.8 Å². The van der Waals surface area contributed by atoms with E-state index in [1.165, 1.54) is 12.0 Å². The summed E-state index contributed by atoms with van der Waals surface area (Å²) in [5.41, 5.74) is 1.80. The summed E-state index contributed by atoms with van der Waals surface area (Å²) in [4.78, 5) is 0. The van der Waals surface area contributed by atoms with Gasteiger partial charge in [0.25, 0.3) is 0 Å². The minimum absolute atomic E-state index is 0.315. The summed E-state index contributed by atoms with van der Waals surface area (Å²) in [6.07, 6.45) is 1.26. The minimum Gasteiger partial charge on any atom is -0.0683 e. The molecule has 17 heavy (non-hydrogen) atoms. The molecule has 1 aromatic rings. The third kappa shape index (κ3) is 4.53. The first kappa shape index (κ1) is 16.2. The fraction of sp³-hybridized carbons (Fsp3) is 0.647. The Morgan fingerprint density at radius 1 is 0.941 bits per heavy atom. The monoisotopic (exact) mass is 234 g/mol. The van der Waals surface area contributed by atoms with Crippen LogP contribution in [0.5, 0.6) is 0 Å². The van der Waals surface area contributed by atoms with Crippen LogP contribution in [0.25, 0.3) is 0 Å². The summed E-state index contributed by atoms with van der Waals surface area (Å²) in [5, 5.41) is 0. The van der Waals surface area contributed by atoms with Gasteiger partial charge in [-0.15, -0.1) is 0 Å². The number of hydrogen-bond acceptors (Lipinski definition) is 0. The largest absolute Gasteiger partial charge is 0.0683 e. The van der Waals surface area contributed by atoms with Crippen LogP contribution < -0.4 is 0 Å². The molecule has 1 rings (SSSR count). The Labute approximate surface area is 108 Å². The van der Waals surface area contributed by atoms with Crippen LogP contribution in [0.15, 0.2) is 30.3 Å². The second kappa shape index (κ2) is 7.53. The Kier molecular flexibility index (Phi) is 7.18. The van der Waals surface area contributed by atoms with Crippen molar-refractivity contribution in [1.29, 1.82) is 0 Å². The highest BCUT2D eigenvalue weighted by Crippen LogP contribution is 2.37. The zero-order valence-corrected chi connectivity index (χ0v) is 12.7. The van der Waals surface area contributed by atoms with Crippen LogP contribution in [0, 0.1) is 11.8 Å². The van der Waals surface area contributed by atoms with Gasteiger partial charge in [0.05, 0.1) is 0 Å². The molecule has 0 saturated heterocycles. The van der Waals surface area contributed by atoms with E-state index in [0.717, 1.165) is 5.92 Å². The maximum atomic E-state index is 2.40. The molecule has 0 amide bonds. The Morgan fingerprint density at radius 3 is 1.76 bits per heavy atom. The first-order chi connectivity index (χ1) is 7.97. The molecule has 0 fully saturated rings. The van der Waals surface area contributed by atoms with Crippen molar-refractivity contribution >= 4 is 0 Å². The molecule has 0 saturated carbocycles. The molecule has 0 aromatic heterocycles. The molecule has 0 heterocycles. The van der Waals surface area contributed by atoms with E-state index >= 15 is 0 Å². The van der Waals surface area contributed by atoms with E-state index in [1.54, 1.807) is 0 Å². The van der Waals surface area contributed by atoms with E-state index in [2.05, 4.69) is 65.0 Å². The molecule has 0 heteroatoms. The van der Waals surface area contributed by atoms with Gasteiger partial charge in [-0.1, -0.05) is 78.8 Å². The van der Waals surface area contributed by atoms with Crippen LogP contribution in [0.1, 0.15) is 60.5 Å². The topological polar surface area (TPSA) is 0 Å². The highest BCUT2D eigenvalue weighted by Gasteiger charge is 2.30. The third-order valence-electron chi connectivity index (χ3n) is 3.54. The van der Waals surface area contributed by atoms with Crippen LogP contribution in [-0.2, 0) is 5.41 Å². The molecule has 0 N–H and O–H groups in total. The third-order valence-corrected chi connectivity index (χ3v) is 3.54. The van der Waals surface area contributed by atoms with Gasteiger partial charge in [-0.3, -0.25) is 0 Å². The summed E-state index contributed by atoms with van der Waals surface area (Å²) >= 11 is 0. The molecule has 1 unspecified atom stereocenters. The van der Waals surface area contributed by atoms with Crippen LogP contribution in [0.2, 0.25) is 0 Å². The summed E-state index contributed by atoms with van der Waals surface area (Å²) < 4.78 is 0. The van der Waals surface area contributed by atoms with E-state index < -0.39 is 0 Å². The molecule has 0 aliphatic rings. The Balaban J connectivity index is 0.00000121. The highest BCUT2D eigenvalue weighted by molar-refractivity contribution is 5.25. The van der Waals surface area contributed by atoms with Crippen molar-refractivity contribution < 1.29 is 0 Å². The van der Waals surface area contributed by atoms with Crippen molar-refractivity contribution in [2.75, 3.05) is 0 Å². The lowest BCUT2D eigenvalue weighted by Crippen LogP contribution is -2.30. The quantitative estimate of drug-likeness (QED) is 0.629. The van der Waals surface area contributed by atoms with Gasteiger partial charge in [-0.05, 0) is 29.2 Å². The predicted molar refractivity (Wildman–Crippen MR) is 79.4 cm³/mol. The van der Waals surface area contributed by atoms with Crippen molar-refractivity contribution in [3.8, 4) is 0 Å². The average molecular weight is 234 g/mol. The lowest BCUT2D eigenvalue weighted by molar-refractivity contribution is 0.276. The Morgan fingerprint density at radius 2 is 1.41 bits per heavy atom. The molecule has 0 spiro atoms. The van der Waals surface area contributed by atoms with E-state index in [0.29, 0.717) is 11.3 Å². The SMILES string of the molecule is CC.CC(C)CC(C)(c1ccccc1)C(C)C. The second-order valence-electron chi connectivity index (χ2n) is 5.54. The summed E-state index contributed by atoms with van der Waals surface area (Å²) in [5.74, 6) is 1.43. The number of rotatable bonds is 4. The van der Waals surface area contributed by atoms with Gasteiger partial charge >= 0.3 is 0 Å².